The Labute approximate surface area is 77.3 Å². The Morgan fingerprint density at radius 1 is 1.75 bits per heavy atom. The average Bonchev–Trinajstić information content (AvgIpc) is 1.82. The quantitative estimate of drug-likeness (QED) is 0.679. The van der Waals surface area contributed by atoms with Gasteiger partial charge in [-0.3, -0.25) is 4.79 Å². The van der Waals surface area contributed by atoms with Crippen LogP contribution in [-0.4, -0.2) is 41.0 Å². The molecular weight excluding hydrogens is 178 g/mol. The van der Waals surface area contributed by atoms with Gasteiger partial charge in [0.1, 0.15) is 5.38 Å². The van der Waals surface area contributed by atoms with E-state index in [1.165, 1.54) is 19.3 Å². The van der Waals surface area contributed by atoms with Crippen molar-refractivity contribution >= 4 is 17.6 Å². The maximum Gasteiger partial charge on any atom is 0.322 e. The fraction of sp³-hybridized carbons (Fsp3) is 0.875. The van der Waals surface area contributed by atoms with Gasteiger partial charge in [0.25, 0.3) is 0 Å². The maximum absolute atomic E-state index is 10.4. The SMILES string of the molecule is CN(CC(Cl)C(=O)O)C1CCC1. The number of aliphatic carboxylic acids is 1. The van der Waals surface area contributed by atoms with Crippen LogP contribution in [-0.2, 0) is 4.79 Å². The molecule has 0 aromatic carbocycles. The summed E-state index contributed by atoms with van der Waals surface area (Å²) in [5, 5.41) is 7.78. The van der Waals surface area contributed by atoms with E-state index in [4.69, 9.17) is 16.7 Å². The van der Waals surface area contributed by atoms with E-state index < -0.39 is 11.3 Å². The van der Waals surface area contributed by atoms with Crippen molar-refractivity contribution in [3.05, 3.63) is 0 Å². The molecule has 0 bridgehead atoms. The van der Waals surface area contributed by atoms with Gasteiger partial charge in [-0.1, -0.05) is 6.42 Å². The van der Waals surface area contributed by atoms with E-state index in [-0.39, 0.29) is 0 Å². The number of rotatable bonds is 4. The van der Waals surface area contributed by atoms with Crippen LogP contribution in [0.3, 0.4) is 0 Å². The molecule has 4 heteroatoms. The van der Waals surface area contributed by atoms with Crippen LogP contribution in [0.15, 0.2) is 0 Å². The molecular formula is C8H14ClNO2. The van der Waals surface area contributed by atoms with Crippen molar-refractivity contribution in [2.75, 3.05) is 13.6 Å². The lowest BCUT2D eigenvalue weighted by Gasteiger charge is -2.35. The summed E-state index contributed by atoms with van der Waals surface area (Å²) in [6.45, 7) is 0.446. The lowest BCUT2D eigenvalue weighted by atomic mass is 9.92. The lowest BCUT2D eigenvalue weighted by molar-refractivity contribution is -0.137. The molecule has 1 unspecified atom stereocenters. The number of halogens is 1. The Kier molecular flexibility index (Phi) is 3.35. The summed E-state index contributed by atoms with van der Waals surface area (Å²) in [5.41, 5.74) is 0. The highest BCUT2D eigenvalue weighted by atomic mass is 35.5. The molecule has 0 aromatic rings. The minimum Gasteiger partial charge on any atom is -0.480 e. The molecule has 0 aliphatic heterocycles. The zero-order valence-electron chi connectivity index (χ0n) is 7.16. The third-order valence-corrected chi connectivity index (χ3v) is 2.74. The molecule has 70 valence electrons. The first kappa shape index (κ1) is 9.81. The summed E-state index contributed by atoms with van der Waals surface area (Å²) in [6.07, 6.45) is 3.62. The first-order valence-electron chi connectivity index (χ1n) is 4.18. The number of hydrogen-bond acceptors (Lipinski definition) is 2. The molecule has 0 amide bonds. The van der Waals surface area contributed by atoms with Crippen molar-refractivity contribution in [3.63, 3.8) is 0 Å². The molecule has 1 atom stereocenters. The van der Waals surface area contributed by atoms with Crippen molar-refractivity contribution in [1.29, 1.82) is 0 Å². The number of carboxylic acid groups (broad SMARTS) is 1. The molecule has 12 heavy (non-hydrogen) atoms. The Hall–Kier alpha value is -0.280. The second kappa shape index (κ2) is 4.10. The number of nitrogens with zero attached hydrogens (tertiary/aromatic N) is 1. The van der Waals surface area contributed by atoms with Crippen LogP contribution in [0.4, 0.5) is 0 Å². The highest BCUT2D eigenvalue weighted by Gasteiger charge is 2.25. The van der Waals surface area contributed by atoms with Crippen LogP contribution in [0, 0.1) is 0 Å². The van der Waals surface area contributed by atoms with Gasteiger partial charge < -0.3 is 10.0 Å². The molecule has 1 aliphatic carbocycles. The van der Waals surface area contributed by atoms with E-state index >= 15 is 0 Å². The van der Waals surface area contributed by atoms with Gasteiger partial charge in [0.15, 0.2) is 0 Å². The molecule has 1 fully saturated rings. The Bertz CT molecular complexity index is 170. The normalized spacial score (nSPS) is 20.6. The molecule has 0 spiro atoms. The molecule has 1 N–H and O–H groups in total. The molecule has 0 aromatic heterocycles. The van der Waals surface area contributed by atoms with Gasteiger partial charge in [-0.15, -0.1) is 11.6 Å². The number of alkyl halides is 1. The third kappa shape index (κ3) is 2.35. The topological polar surface area (TPSA) is 40.5 Å². The number of hydrogen-bond donors (Lipinski definition) is 1. The van der Waals surface area contributed by atoms with Gasteiger partial charge in [0.05, 0.1) is 0 Å². The summed E-state index contributed by atoms with van der Waals surface area (Å²) < 4.78 is 0. The van der Waals surface area contributed by atoms with Crippen LogP contribution in [0.1, 0.15) is 19.3 Å². The molecule has 1 aliphatic rings. The predicted molar refractivity (Wildman–Crippen MR) is 47.5 cm³/mol. The number of carbonyl (C=O) groups is 1. The van der Waals surface area contributed by atoms with Gasteiger partial charge in [-0.2, -0.15) is 0 Å². The highest BCUT2D eigenvalue weighted by molar-refractivity contribution is 6.29. The highest BCUT2D eigenvalue weighted by Crippen LogP contribution is 2.23. The van der Waals surface area contributed by atoms with E-state index in [1.807, 2.05) is 11.9 Å². The molecule has 3 nitrogen and oxygen atoms in total. The zero-order chi connectivity index (χ0) is 9.14. The van der Waals surface area contributed by atoms with Gasteiger partial charge >= 0.3 is 5.97 Å². The standard InChI is InChI=1S/C8H14ClNO2/c1-10(6-3-2-4-6)5-7(9)8(11)12/h6-7H,2-5H2,1H3,(H,11,12). The fourth-order valence-electron chi connectivity index (χ4n) is 1.31. The van der Waals surface area contributed by atoms with Crippen LogP contribution in [0.2, 0.25) is 0 Å². The molecule has 0 saturated heterocycles. The van der Waals surface area contributed by atoms with Gasteiger partial charge in [-0.25, -0.2) is 0 Å². The summed E-state index contributed by atoms with van der Waals surface area (Å²) in [7, 11) is 1.93. The van der Waals surface area contributed by atoms with Gasteiger partial charge in [0, 0.05) is 12.6 Å². The summed E-state index contributed by atoms with van der Waals surface area (Å²) in [4.78, 5) is 12.4. The smallest absolute Gasteiger partial charge is 0.322 e. The van der Waals surface area contributed by atoms with Crippen molar-refractivity contribution in [2.24, 2.45) is 0 Å². The predicted octanol–water partition coefficient (Wildman–Crippen LogP) is 1.16. The van der Waals surface area contributed by atoms with E-state index in [2.05, 4.69) is 0 Å². The van der Waals surface area contributed by atoms with Crippen LogP contribution >= 0.6 is 11.6 Å². The zero-order valence-corrected chi connectivity index (χ0v) is 7.92. The van der Waals surface area contributed by atoms with Crippen LogP contribution in [0.25, 0.3) is 0 Å². The molecule has 1 saturated carbocycles. The Morgan fingerprint density at radius 3 is 2.67 bits per heavy atom. The Morgan fingerprint density at radius 2 is 2.33 bits per heavy atom. The maximum atomic E-state index is 10.4. The van der Waals surface area contributed by atoms with E-state index in [9.17, 15) is 4.79 Å². The first-order chi connectivity index (χ1) is 5.61. The minimum absolute atomic E-state index is 0.446. The number of carboxylic acids is 1. The average molecular weight is 192 g/mol. The van der Waals surface area contributed by atoms with Crippen molar-refractivity contribution in [1.82, 2.24) is 4.90 Å². The van der Waals surface area contributed by atoms with Crippen molar-refractivity contribution in [2.45, 2.75) is 30.7 Å². The summed E-state index contributed by atoms with van der Waals surface area (Å²) in [6, 6.07) is 0.561. The van der Waals surface area contributed by atoms with E-state index in [1.54, 1.807) is 0 Å². The lowest BCUT2D eigenvalue weighted by Crippen LogP contribution is -2.41. The van der Waals surface area contributed by atoms with E-state index in [0.717, 1.165) is 0 Å². The largest absolute Gasteiger partial charge is 0.480 e. The second-order valence-corrected chi connectivity index (χ2v) is 3.86. The van der Waals surface area contributed by atoms with Gasteiger partial charge in [-0.05, 0) is 19.9 Å². The molecule has 0 heterocycles. The van der Waals surface area contributed by atoms with E-state index in [0.29, 0.717) is 12.6 Å². The summed E-state index contributed by atoms with van der Waals surface area (Å²) in [5.74, 6) is -0.928. The fourth-order valence-corrected chi connectivity index (χ4v) is 1.53. The second-order valence-electron chi connectivity index (χ2n) is 3.33. The minimum atomic E-state index is -0.928. The first-order valence-corrected chi connectivity index (χ1v) is 4.62. The van der Waals surface area contributed by atoms with Crippen molar-refractivity contribution in [3.8, 4) is 0 Å². The van der Waals surface area contributed by atoms with Crippen LogP contribution in [0.5, 0.6) is 0 Å². The monoisotopic (exact) mass is 191 g/mol. The van der Waals surface area contributed by atoms with Crippen LogP contribution < -0.4 is 0 Å². The Balaban J connectivity index is 2.24. The summed E-state index contributed by atoms with van der Waals surface area (Å²) >= 11 is 5.59. The van der Waals surface area contributed by atoms with Crippen molar-refractivity contribution < 1.29 is 9.90 Å². The van der Waals surface area contributed by atoms with Gasteiger partial charge in [0.2, 0.25) is 0 Å². The molecule has 1 rings (SSSR count). The third-order valence-electron chi connectivity index (χ3n) is 2.41. The molecule has 0 radical (unpaired) electrons.